The summed E-state index contributed by atoms with van der Waals surface area (Å²) in [6, 6.07) is 13.6. The van der Waals surface area contributed by atoms with Gasteiger partial charge in [0.05, 0.1) is 6.10 Å². The summed E-state index contributed by atoms with van der Waals surface area (Å²) in [5.41, 5.74) is 0.735. The van der Waals surface area contributed by atoms with Gasteiger partial charge in [0, 0.05) is 11.4 Å². The van der Waals surface area contributed by atoms with Crippen molar-refractivity contribution in [3.05, 3.63) is 59.1 Å². The molecule has 2 atom stereocenters. The van der Waals surface area contributed by atoms with Gasteiger partial charge in [0.1, 0.15) is 24.7 Å². The third kappa shape index (κ3) is 7.74. The summed E-state index contributed by atoms with van der Waals surface area (Å²) >= 11 is 5.79. The SMILES string of the molecule is CC(C)O[C@@H](Cc1cccc(OC[C@@H](F)COc2ccc(Cl)cc2)c1)C(=O)O. The molecule has 0 radical (unpaired) electrons. The Morgan fingerprint density at radius 1 is 1.07 bits per heavy atom. The first-order chi connectivity index (χ1) is 13.3. The van der Waals surface area contributed by atoms with Crippen molar-refractivity contribution >= 4 is 17.6 Å². The van der Waals surface area contributed by atoms with Crippen LogP contribution in [0, 0.1) is 0 Å². The van der Waals surface area contributed by atoms with Gasteiger partial charge < -0.3 is 19.3 Å². The smallest absolute Gasteiger partial charge is 0.333 e. The predicted octanol–water partition coefficient (Wildman–Crippen LogP) is 4.56. The lowest BCUT2D eigenvalue weighted by atomic mass is 10.1. The van der Waals surface area contributed by atoms with Crippen LogP contribution in [0.15, 0.2) is 48.5 Å². The Balaban J connectivity index is 1.84. The summed E-state index contributed by atoms with van der Waals surface area (Å²) < 4.78 is 30.3. The van der Waals surface area contributed by atoms with Gasteiger partial charge in [-0.1, -0.05) is 23.7 Å². The quantitative estimate of drug-likeness (QED) is 0.588. The van der Waals surface area contributed by atoms with E-state index in [-0.39, 0.29) is 25.7 Å². The number of benzene rings is 2. The van der Waals surface area contributed by atoms with Crippen LogP contribution in [-0.4, -0.2) is 42.7 Å². The zero-order valence-corrected chi connectivity index (χ0v) is 16.6. The van der Waals surface area contributed by atoms with E-state index in [1.165, 1.54) is 0 Å². The summed E-state index contributed by atoms with van der Waals surface area (Å²) in [5.74, 6) is -0.0394. The van der Waals surface area contributed by atoms with Crippen LogP contribution < -0.4 is 9.47 Å². The Bertz CT molecular complexity index is 751. The van der Waals surface area contributed by atoms with Crippen LogP contribution in [0.2, 0.25) is 5.02 Å². The molecule has 7 heteroatoms. The maximum atomic E-state index is 14.0. The number of carboxylic acids is 1. The Morgan fingerprint density at radius 2 is 1.71 bits per heavy atom. The second-order valence-corrected chi connectivity index (χ2v) is 6.97. The number of aliphatic carboxylic acids is 1. The van der Waals surface area contributed by atoms with Gasteiger partial charge in [0.2, 0.25) is 0 Å². The maximum Gasteiger partial charge on any atom is 0.333 e. The molecule has 1 N–H and O–H groups in total. The number of carboxylic acid groups (broad SMARTS) is 1. The van der Waals surface area contributed by atoms with Gasteiger partial charge >= 0.3 is 5.97 Å². The number of hydrogen-bond acceptors (Lipinski definition) is 4. The van der Waals surface area contributed by atoms with Crippen LogP contribution in [0.25, 0.3) is 0 Å². The summed E-state index contributed by atoms with van der Waals surface area (Å²) in [7, 11) is 0. The molecule has 0 aliphatic carbocycles. The van der Waals surface area contributed by atoms with Crippen molar-refractivity contribution in [1.82, 2.24) is 0 Å². The summed E-state index contributed by atoms with van der Waals surface area (Å²) in [6.45, 7) is 3.23. The fourth-order valence-electron chi connectivity index (χ4n) is 2.45. The van der Waals surface area contributed by atoms with Crippen molar-refractivity contribution in [2.75, 3.05) is 13.2 Å². The van der Waals surface area contributed by atoms with Crippen LogP contribution >= 0.6 is 11.6 Å². The van der Waals surface area contributed by atoms with Crippen molar-refractivity contribution in [1.29, 1.82) is 0 Å². The molecule has 2 rings (SSSR count). The molecule has 5 nitrogen and oxygen atoms in total. The van der Waals surface area contributed by atoms with Gasteiger partial charge in [0.25, 0.3) is 0 Å². The van der Waals surface area contributed by atoms with E-state index in [0.717, 1.165) is 5.56 Å². The highest BCUT2D eigenvalue weighted by molar-refractivity contribution is 6.30. The first-order valence-electron chi connectivity index (χ1n) is 8.96. The second-order valence-electron chi connectivity index (χ2n) is 6.54. The van der Waals surface area contributed by atoms with Crippen molar-refractivity contribution < 1.29 is 28.5 Å². The molecular weight excluding hydrogens is 387 g/mol. The van der Waals surface area contributed by atoms with Crippen LogP contribution in [0.3, 0.4) is 0 Å². The van der Waals surface area contributed by atoms with E-state index in [9.17, 15) is 14.3 Å². The molecule has 0 aliphatic rings. The normalized spacial score (nSPS) is 13.2. The highest BCUT2D eigenvalue weighted by Crippen LogP contribution is 2.18. The number of hydrogen-bond donors (Lipinski definition) is 1. The van der Waals surface area contributed by atoms with Crippen LogP contribution in [0.4, 0.5) is 4.39 Å². The number of ether oxygens (including phenoxy) is 3. The minimum atomic E-state index is -1.32. The Morgan fingerprint density at radius 3 is 2.32 bits per heavy atom. The van der Waals surface area contributed by atoms with Crippen molar-refractivity contribution in [2.45, 2.75) is 38.6 Å². The van der Waals surface area contributed by atoms with E-state index in [2.05, 4.69) is 0 Å². The zero-order valence-electron chi connectivity index (χ0n) is 15.8. The molecule has 152 valence electrons. The Labute approximate surface area is 169 Å². The highest BCUT2D eigenvalue weighted by Gasteiger charge is 2.20. The highest BCUT2D eigenvalue weighted by atomic mass is 35.5. The lowest BCUT2D eigenvalue weighted by Gasteiger charge is -2.17. The topological polar surface area (TPSA) is 65.0 Å². The number of rotatable bonds is 11. The largest absolute Gasteiger partial charge is 0.490 e. The Kier molecular flexibility index (Phi) is 8.54. The molecule has 28 heavy (non-hydrogen) atoms. The minimum absolute atomic E-state index is 0.148. The van der Waals surface area contributed by atoms with E-state index in [1.54, 1.807) is 62.4 Å². The van der Waals surface area contributed by atoms with Crippen molar-refractivity contribution in [2.24, 2.45) is 0 Å². The molecule has 0 fully saturated rings. The third-order valence-electron chi connectivity index (χ3n) is 3.71. The molecule has 0 aromatic heterocycles. The average Bonchev–Trinajstić information content (AvgIpc) is 2.65. The van der Waals surface area contributed by atoms with Crippen molar-refractivity contribution in [3.8, 4) is 11.5 Å². The van der Waals surface area contributed by atoms with Crippen LogP contribution in [-0.2, 0) is 16.0 Å². The van der Waals surface area contributed by atoms with Gasteiger partial charge in [-0.2, -0.15) is 0 Å². The van der Waals surface area contributed by atoms with E-state index < -0.39 is 18.2 Å². The summed E-state index contributed by atoms with van der Waals surface area (Å²) in [5, 5.41) is 9.85. The lowest BCUT2D eigenvalue weighted by Crippen LogP contribution is -2.29. The third-order valence-corrected chi connectivity index (χ3v) is 3.96. The van der Waals surface area contributed by atoms with E-state index in [0.29, 0.717) is 16.5 Å². The molecule has 0 saturated heterocycles. The maximum absolute atomic E-state index is 14.0. The molecule has 0 spiro atoms. The van der Waals surface area contributed by atoms with Gasteiger partial charge in [-0.3, -0.25) is 0 Å². The molecule has 2 aromatic rings. The molecule has 0 saturated carbocycles. The fraction of sp³-hybridized carbons (Fsp3) is 0.381. The van der Waals surface area contributed by atoms with Gasteiger partial charge in [-0.15, -0.1) is 0 Å². The first-order valence-corrected chi connectivity index (χ1v) is 9.33. The van der Waals surface area contributed by atoms with E-state index >= 15 is 0 Å². The molecule has 0 heterocycles. The Hall–Kier alpha value is -2.31. The molecular formula is C21H24ClFO5. The van der Waals surface area contributed by atoms with Crippen LogP contribution in [0.5, 0.6) is 11.5 Å². The summed E-state index contributed by atoms with van der Waals surface area (Å²) in [4.78, 5) is 11.3. The minimum Gasteiger partial charge on any atom is -0.490 e. The van der Waals surface area contributed by atoms with E-state index in [4.69, 9.17) is 25.8 Å². The zero-order chi connectivity index (χ0) is 20.5. The number of alkyl halides is 1. The fourth-order valence-corrected chi connectivity index (χ4v) is 2.58. The standard InChI is InChI=1S/C21H24ClFO5/c1-14(2)28-20(21(24)25)11-15-4-3-5-19(10-15)27-13-17(23)12-26-18-8-6-16(22)7-9-18/h3-10,14,17,20H,11-13H2,1-2H3,(H,24,25)/t17-,20-/m0/s1. The molecule has 0 aliphatic heterocycles. The number of carbonyl (C=O) groups is 1. The summed E-state index contributed by atoms with van der Waals surface area (Å²) in [6.07, 6.45) is -2.27. The van der Waals surface area contributed by atoms with Gasteiger partial charge in [-0.05, 0) is 55.8 Å². The van der Waals surface area contributed by atoms with Crippen molar-refractivity contribution in [3.63, 3.8) is 0 Å². The molecule has 0 unspecified atom stereocenters. The molecule has 0 bridgehead atoms. The molecule has 2 aromatic carbocycles. The lowest BCUT2D eigenvalue weighted by molar-refractivity contribution is -0.153. The molecule has 0 amide bonds. The van der Waals surface area contributed by atoms with Gasteiger partial charge in [0.15, 0.2) is 12.3 Å². The van der Waals surface area contributed by atoms with E-state index in [1.807, 2.05) is 0 Å². The first kappa shape index (κ1) is 22.0. The number of halogens is 2. The second kappa shape index (κ2) is 10.9. The predicted molar refractivity (Wildman–Crippen MR) is 105 cm³/mol. The van der Waals surface area contributed by atoms with Gasteiger partial charge in [-0.25, -0.2) is 9.18 Å². The average molecular weight is 411 g/mol. The monoisotopic (exact) mass is 410 g/mol. The van der Waals surface area contributed by atoms with Crippen LogP contribution in [0.1, 0.15) is 19.4 Å².